The molecule has 0 unspecified atom stereocenters. The van der Waals surface area contributed by atoms with Gasteiger partial charge in [0.1, 0.15) is 28.6 Å². The first-order chi connectivity index (χ1) is 15.5. The van der Waals surface area contributed by atoms with Crippen LogP contribution in [0.5, 0.6) is 5.75 Å². The van der Waals surface area contributed by atoms with Crippen LogP contribution < -0.4 is 0 Å². The molecular weight excluding hydrogens is 431 g/mol. The van der Waals surface area contributed by atoms with Gasteiger partial charge in [-0.25, -0.2) is 9.37 Å². The zero-order chi connectivity index (χ0) is 22.2. The highest BCUT2D eigenvalue weighted by molar-refractivity contribution is 6.31. The molecule has 0 aliphatic rings. The van der Waals surface area contributed by atoms with Crippen molar-refractivity contribution in [3.8, 4) is 28.5 Å². The summed E-state index contributed by atoms with van der Waals surface area (Å²) >= 11 is 5.85. The van der Waals surface area contributed by atoms with Gasteiger partial charge in [0.15, 0.2) is 5.58 Å². The number of aliphatic imine (C=N–C) groups is 1. The smallest absolute Gasteiger partial charge is 0.231 e. The van der Waals surface area contributed by atoms with Crippen LogP contribution in [0, 0.1) is 12.7 Å². The highest BCUT2D eigenvalue weighted by atomic mass is 35.5. The number of halogens is 2. The van der Waals surface area contributed by atoms with Gasteiger partial charge >= 0.3 is 0 Å². The lowest BCUT2D eigenvalue weighted by atomic mass is 10.1. The van der Waals surface area contributed by atoms with Crippen molar-refractivity contribution in [2.24, 2.45) is 4.99 Å². The van der Waals surface area contributed by atoms with Gasteiger partial charge in [0.05, 0.1) is 22.5 Å². The molecule has 7 heteroatoms. The molecule has 0 bridgehead atoms. The molecule has 0 saturated heterocycles. The predicted octanol–water partition coefficient (Wildman–Crippen LogP) is 7.31. The summed E-state index contributed by atoms with van der Waals surface area (Å²) in [6.07, 6.45) is 1.56. The quantitative estimate of drug-likeness (QED) is 0.294. The maximum atomic E-state index is 13.4. The van der Waals surface area contributed by atoms with E-state index in [1.54, 1.807) is 36.5 Å². The zero-order valence-corrected chi connectivity index (χ0v) is 17.6. The molecule has 2 heterocycles. The average molecular weight is 447 g/mol. The lowest BCUT2D eigenvalue weighted by molar-refractivity contribution is 0.474. The summed E-state index contributed by atoms with van der Waals surface area (Å²) in [6.45, 7) is 1.95. The first-order valence-corrected chi connectivity index (χ1v) is 10.1. The molecule has 0 aliphatic carbocycles. The number of hydrogen-bond acceptors (Lipinski definition) is 5. The van der Waals surface area contributed by atoms with Crippen molar-refractivity contribution in [3.05, 3.63) is 88.9 Å². The van der Waals surface area contributed by atoms with Crippen LogP contribution in [-0.4, -0.2) is 16.3 Å². The molecule has 5 aromatic rings. The maximum Gasteiger partial charge on any atom is 0.231 e. The van der Waals surface area contributed by atoms with Gasteiger partial charge in [0.25, 0.3) is 0 Å². The topological polar surface area (TPSA) is 71.8 Å². The molecule has 0 atom stereocenters. The standard InChI is InChI=1S/C25H16ClFN2O3/c1-14-3-2-4-23-24(14)29-25(32-23)18-12-16(6-9-21(18)30)28-13-17-7-10-22(31-17)15-5-8-20(27)19(26)11-15/h2-13,30H,1H3. The third kappa shape index (κ3) is 3.76. The van der Waals surface area contributed by atoms with Gasteiger partial charge in [-0.3, -0.25) is 4.99 Å². The Morgan fingerprint density at radius 1 is 1.03 bits per heavy atom. The van der Waals surface area contributed by atoms with Crippen LogP contribution in [0.2, 0.25) is 5.02 Å². The average Bonchev–Trinajstić information content (AvgIpc) is 3.43. The Balaban J connectivity index is 1.43. The number of rotatable bonds is 4. The van der Waals surface area contributed by atoms with E-state index in [2.05, 4.69) is 9.98 Å². The summed E-state index contributed by atoms with van der Waals surface area (Å²) in [6, 6.07) is 18.5. The molecule has 5 nitrogen and oxygen atoms in total. The van der Waals surface area contributed by atoms with Gasteiger partial charge in [0.2, 0.25) is 5.89 Å². The molecule has 5 rings (SSSR count). The fraction of sp³-hybridized carbons (Fsp3) is 0.0400. The SMILES string of the molecule is Cc1cccc2oc(-c3cc(N=Cc4ccc(-c5ccc(F)c(Cl)c5)o4)ccc3O)nc12. The van der Waals surface area contributed by atoms with Crippen molar-refractivity contribution in [3.63, 3.8) is 0 Å². The number of para-hydroxylation sites is 1. The van der Waals surface area contributed by atoms with Crippen LogP contribution in [0.1, 0.15) is 11.3 Å². The summed E-state index contributed by atoms with van der Waals surface area (Å²) in [7, 11) is 0. The van der Waals surface area contributed by atoms with E-state index in [9.17, 15) is 9.50 Å². The highest BCUT2D eigenvalue weighted by Gasteiger charge is 2.14. The normalized spacial score (nSPS) is 11.6. The molecule has 2 aromatic heterocycles. The van der Waals surface area contributed by atoms with E-state index in [1.807, 2.05) is 25.1 Å². The highest BCUT2D eigenvalue weighted by Crippen LogP contribution is 2.35. The number of phenolic OH excluding ortho intramolecular Hbond substituents is 1. The Hall–Kier alpha value is -3.90. The summed E-state index contributed by atoms with van der Waals surface area (Å²) in [5.41, 5.74) is 4.07. The molecule has 158 valence electrons. The summed E-state index contributed by atoms with van der Waals surface area (Å²) in [4.78, 5) is 8.95. The molecule has 0 saturated carbocycles. The number of nitrogens with zero attached hydrogens (tertiary/aromatic N) is 2. The zero-order valence-electron chi connectivity index (χ0n) is 16.8. The fourth-order valence-electron chi connectivity index (χ4n) is 3.34. The Morgan fingerprint density at radius 2 is 1.91 bits per heavy atom. The third-order valence-electron chi connectivity index (χ3n) is 5.00. The van der Waals surface area contributed by atoms with Crippen LogP contribution in [0.3, 0.4) is 0 Å². The van der Waals surface area contributed by atoms with Crippen molar-refractivity contribution < 1.29 is 18.3 Å². The van der Waals surface area contributed by atoms with Crippen LogP contribution in [0.25, 0.3) is 33.9 Å². The van der Waals surface area contributed by atoms with Crippen molar-refractivity contribution >= 4 is 34.6 Å². The van der Waals surface area contributed by atoms with Crippen LogP contribution in [-0.2, 0) is 0 Å². The van der Waals surface area contributed by atoms with E-state index >= 15 is 0 Å². The van der Waals surface area contributed by atoms with Crippen molar-refractivity contribution in [1.29, 1.82) is 0 Å². The molecule has 0 radical (unpaired) electrons. The van der Waals surface area contributed by atoms with Gasteiger partial charge in [-0.1, -0.05) is 23.7 Å². The number of phenols is 1. The Kier molecular flexibility index (Phi) is 4.99. The van der Waals surface area contributed by atoms with Crippen LogP contribution >= 0.6 is 11.6 Å². The minimum absolute atomic E-state index is 0.0279. The van der Waals surface area contributed by atoms with E-state index in [0.717, 1.165) is 11.1 Å². The first kappa shape index (κ1) is 20.0. The molecule has 0 fully saturated rings. The largest absolute Gasteiger partial charge is 0.507 e. The monoisotopic (exact) mass is 446 g/mol. The van der Waals surface area contributed by atoms with Crippen molar-refractivity contribution in [2.45, 2.75) is 6.92 Å². The lowest BCUT2D eigenvalue weighted by Crippen LogP contribution is -1.81. The number of aromatic nitrogens is 1. The number of hydrogen-bond donors (Lipinski definition) is 1. The van der Waals surface area contributed by atoms with E-state index < -0.39 is 5.82 Å². The second-order valence-corrected chi connectivity index (χ2v) is 7.64. The molecular formula is C25H16ClFN2O3. The van der Waals surface area contributed by atoms with Crippen molar-refractivity contribution in [2.75, 3.05) is 0 Å². The number of furan rings is 1. The number of oxazole rings is 1. The van der Waals surface area contributed by atoms with Crippen LogP contribution in [0.4, 0.5) is 10.1 Å². The second-order valence-electron chi connectivity index (χ2n) is 7.23. The van der Waals surface area contributed by atoms with Gasteiger partial charge in [0, 0.05) is 5.56 Å². The maximum absolute atomic E-state index is 13.4. The third-order valence-corrected chi connectivity index (χ3v) is 5.29. The lowest BCUT2D eigenvalue weighted by Gasteiger charge is -2.01. The molecule has 32 heavy (non-hydrogen) atoms. The minimum Gasteiger partial charge on any atom is -0.507 e. The van der Waals surface area contributed by atoms with E-state index in [0.29, 0.717) is 39.8 Å². The molecule has 1 N–H and O–H groups in total. The van der Waals surface area contributed by atoms with Crippen LogP contribution in [0.15, 0.2) is 80.6 Å². The molecule has 3 aromatic carbocycles. The summed E-state index contributed by atoms with van der Waals surface area (Å²) < 4.78 is 25.0. The molecule has 0 aliphatic heterocycles. The Morgan fingerprint density at radius 3 is 2.72 bits per heavy atom. The number of fused-ring (bicyclic) bond motifs is 1. The minimum atomic E-state index is -0.485. The van der Waals surface area contributed by atoms with Gasteiger partial charge in [-0.15, -0.1) is 0 Å². The van der Waals surface area contributed by atoms with E-state index in [1.165, 1.54) is 18.2 Å². The molecule has 0 spiro atoms. The Labute approximate surface area is 187 Å². The van der Waals surface area contributed by atoms with Gasteiger partial charge in [-0.2, -0.15) is 0 Å². The first-order valence-electron chi connectivity index (χ1n) is 9.77. The van der Waals surface area contributed by atoms with E-state index in [4.69, 9.17) is 20.4 Å². The Bertz CT molecular complexity index is 1490. The second kappa shape index (κ2) is 7.98. The van der Waals surface area contributed by atoms with Crippen molar-refractivity contribution in [1.82, 2.24) is 4.98 Å². The number of benzene rings is 3. The number of aromatic hydroxyl groups is 1. The van der Waals surface area contributed by atoms with E-state index in [-0.39, 0.29) is 10.8 Å². The number of aryl methyl sites for hydroxylation is 1. The molecule has 0 amide bonds. The van der Waals surface area contributed by atoms with Gasteiger partial charge in [-0.05, 0) is 67.1 Å². The summed E-state index contributed by atoms with van der Waals surface area (Å²) in [5.74, 6) is 0.925. The fourth-order valence-corrected chi connectivity index (χ4v) is 3.52. The predicted molar refractivity (Wildman–Crippen MR) is 122 cm³/mol. The van der Waals surface area contributed by atoms with Gasteiger partial charge < -0.3 is 13.9 Å². The summed E-state index contributed by atoms with van der Waals surface area (Å²) in [5, 5.41) is 10.4.